The summed E-state index contributed by atoms with van der Waals surface area (Å²) in [7, 11) is 1.39. The van der Waals surface area contributed by atoms with Crippen molar-refractivity contribution < 1.29 is 9.53 Å². The number of methoxy groups -OCH3 is 1. The van der Waals surface area contributed by atoms with Crippen LogP contribution < -0.4 is 0 Å². The van der Waals surface area contributed by atoms with Gasteiger partial charge < -0.3 is 4.74 Å². The van der Waals surface area contributed by atoms with E-state index < -0.39 is 0 Å². The second kappa shape index (κ2) is 5.78. The van der Waals surface area contributed by atoms with Crippen molar-refractivity contribution >= 4 is 22.8 Å². The standard InChI is InChI=1S/C15H19NO2S/c1-9-7-12(10-5-4-6-10)13(14(16)19-3)8-11(9)15(17)18-2/h7-8,10,16H,4-6H2,1-3H3. The van der Waals surface area contributed by atoms with E-state index in [4.69, 9.17) is 10.1 Å². The number of ether oxygens (including phenoxy) is 1. The van der Waals surface area contributed by atoms with Gasteiger partial charge in [-0.1, -0.05) is 12.5 Å². The van der Waals surface area contributed by atoms with E-state index in [1.807, 2.05) is 19.2 Å². The fraction of sp³-hybridized carbons (Fsp3) is 0.467. The van der Waals surface area contributed by atoms with Crippen molar-refractivity contribution in [2.45, 2.75) is 32.1 Å². The second-order valence-electron chi connectivity index (χ2n) is 4.91. The molecule has 19 heavy (non-hydrogen) atoms. The molecule has 1 aromatic carbocycles. The largest absolute Gasteiger partial charge is 0.465 e. The first kappa shape index (κ1) is 14.1. The molecule has 0 amide bonds. The number of hydrogen-bond donors (Lipinski definition) is 1. The smallest absolute Gasteiger partial charge is 0.338 e. The fourth-order valence-electron chi connectivity index (χ4n) is 2.42. The van der Waals surface area contributed by atoms with Gasteiger partial charge in [-0.3, -0.25) is 5.41 Å². The summed E-state index contributed by atoms with van der Waals surface area (Å²) in [5, 5.41) is 8.61. The zero-order valence-electron chi connectivity index (χ0n) is 11.6. The molecule has 0 heterocycles. The molecule has 0 saturated heterocycles. The molecule has 0 aliphatic heterocycles. The average molecular weight is 277 g/mol. The topological polar surface area (TPSA) is 50.2 Å². The molecule has 0 unspecified atom stereocenters. The highest BCUT2D eigenvalue weighted by Crippen LogP contribution is 2.39. The van der Waals surface area contributed by atoms with Gasteiger partial charge in [-0.2, -0.15) is 0 Å². The van der Waals surface area contributed by atoms with Gasteiger partial charge >= 0.3 is 5.97 Å². The van der Waals surface area contributed by atoms with Gasteiger partial charge in [0.1, 0.15) is 0 Å². The Morgan fingerprint density at radius 2 is 2.05 bits per heavy atom. The highest BCUT2D eigenvalue weighted by molar-refractivity contribution is 8.13. The van der Waals surface area contributed by atoms with Crippen LogP contribution in [0.1, 0.15) is 52.2 Å². The van der Waals surface area contributed by atoms with Gasteiger partial charge in [0.2, 0.25) is 0 Å². The quantitative estimate of drug-likeness (QED) is 0.520. The number of carbonyl (C=O) groups excluding carboxylic acids is 1. The predicted molar refractivity (Wildman–Crippen MR) is 79.5 cm³/mol. The summed E-state index contributed by atoms with van der Waals surface area (Å²) in [5.74, 6) is 0.223. The van der Waals surface area contributed by atoms with Crippen LogP contribution in [0.5, 0.6) is 0 Å². The maximum atomic E-state index is 11.8. The lowest BCUT2D eigenvalue weighted by Gasteiger charge is -2.28. The van der Waals surface area contributed by atoms with E-state index in [0.29, 0.717) is 16.5 Å². The lowest BCUT2D eigenvalue weighted by Crippen LogP contribution is -2.15. The van der Waals surface area contributed by atoms with Crippen molar-refractivity contribution in [1.29, 1.82) is 5.41 Å². The first-order chi connectivity index (χ1) is 9.08. The zero-order valence-corrected chi connectivity index (χ0v) is 12.4. The molecule has 0 aromatic heterocycles. The molecule has 0 bridgehead atoms. The summed E-state index contributed by atoms with van der Waals surface area (Å²) in [6.07, 6.45) is 5.52. The first-order valence-electron chi connectivity index (χ1n) is 6.44. The predicted octanol–water partition coefficient (Wildman–Crippen LogP) is 3.74. The molecular formula is C15H19NO2S. The molecule has 0 radical (unpaired) electrons. The van der Waals surface area contributed by atoms with Gasteiger partial charge in [0.25, 0.3) is 0 Å². The Morgan fingerprint density at radius 3 is 2.53 bits per heavy atom. The molecule has 0 spiro atoms. The molecular weight excluding hydrogens is 258 g/mol. The molecule has 2 rings (SSSR count). The maximum absolute atomic E-state index is 11.8. The fourth-order valence-corrected chi connectivity index (χ4v) is 2.82. The summed E-state index contributed by atoms with van der Waals surface area (Å²) in [6.45, 7) is 1.93. The molecule has 1 aliphatic rings. The van der Waals surface area contributed by atoms with Gasteiger partial charge in [-0.25, -0.2) is 4.79 Å². The molecule has 1 saturated carbocycles. The highest BCUT2D eigenvalue weighted by atomic mass is 32.2. The van der Waals surface area contributed by atoms with E-state index >= 15 is 0 Å². The Bertz CT molecular complexity index is 521. The Kier molecular flexibility index (Phi) is 4.30. The minimum Gasteiger partial charge on any atom is -0.465 e. The third-order valence-corrected chi connectivity index (χ3v) is 4.42. The summed E-state index contributed by atoms with van der Waals surface area (Å²) in [4.78, 5) is 11.8. The van der Waals surface area contributed by atoms with Gasteiger partial charge in [-0.05, 0) is 49.1 Å². The normalized spacial score (nSPS) is 14.9. The van der Waals surface area contributed by atoms with Crippen molar-refractivity contribution in [3.05, 3.63) is 34.4 Å². The Balaban J connectivity index is 2.51. The van der Waals surface area contributed by atoms with Crippen LogP contribution in [-0.2, 0) is 4.74 Å². The third-order valence-electron chi connectivity index (χ3n) is 3.80. The molecule has 1 aromatic rings. The second-order valence-corrected chi connectivity index (χ2v) is 5.72. The Morgan fingerprint density at radius 1 is 1.37 bits per heavy atom. The number of thioether (sulfide) groups is 1. The van der Waals surface area contributed by atoms with E-state index in [0.717, 1.165) is 11.1 Å². The lowest BCUT2D eigenvalue weighted by molar-refractivity contribution is 0.0600. The SMILES string of the molecule is COC(=O)c1cc(C(=N)SC)c(C2CCC2)cc1C. The number of hydrogen-bond acceptors (Lipinski definition) is 4. The van der Waals surface area contributed by atoms with Crippen LogP contribution in [-0.4, -0.2) is 24.4 Å². The lowest BCUT2D eigenvalue weighted by atomic mass is 9.77. The summed E-state index contributed by atoms with van der Waals surface area (Å²) < 4.78 is 4.81. The monoisotopic (exact) mass is 277 g/mol. The van der Waals surface area contributed by atoms with Crippen LogP contribution in [0.4, 0.5) is 0 Å². The minimum atomic E-state index is -0.326. The van der Waals surface area contributed by atoms with Crippen molar-refractivity contribution in [2.24, 2.45) is 0 Å². The van der Waals surface area contributed by atoms with Crippen LogP contribution in [0.25, 0.3) is 0 Å². The highest BCUT2D eigenvalue weighted by Gasteiger charge is 2.25. The third kappa shape index (κ3) is 2.68. The average Bonchev–Trinajstić information content (AvgIpc) is 2.35. The van der Waals surface area contributed by atoms with Crippen molar-refractivity contribution in [2.75, 3.05) is 13.4 Å². The van der Waals surface area contributed by atoms with Gasteiger partial charge in [0, 0.05) is 5.56 Å². The number of aryl methyl sites for hydroxylation is 1. The minimum absolute atomic E-state index is 0.326. The van der Waals surface area contributed by atoms with E-state index in [9.17, 15) is 4.79 Å². The number of carbonyl (C=O) groups is 1. The van der Waals surface area contributed by atoms with Crippen LogP contribution >= 0.6 is 11.8 Å². The van der Waals surface area contributed by atoms with Crippen LogP contribution in [0.2, 0.25) is 0 Å². The van der Waals surface area contributed by atoms with Crippen molar-refractivity contribution in [1.82, 2.24) is 0 Å². The Labute approximate surface area is 118 Å². The number of nitrogens with one attached hydrogen (secondary N) is 1. The van der Waals surface area contributed by atoms with Crippen LogP contribution in [0, 0.1) is 12.3 Å². The van der Waals surface area contributed by atoms with Crippen molar-refractivity contribution in [3.8, 4) is 0 Å². The molecule has 102 valence electrons. The summed E-state index contributed by atoms with van der Waals surface area (Å²) in [5.41, 5.74) is 3.62. The first-order valence-corrected chi connectivity index (χ1v) is 7.66. The van der Waals surface area contributed by atoms with Crippen LogP contribution in [0.15, 0.2) is 12.1 Å². The molecule has 1 aliphatic carbocycles. The van der Waals surface area contributed by atoms with E-state index in [-0.39, 0.29) is 5.97 Å². The van der Waals surface area contributed by atoms with E-state index in [1.165, 1.54) is 43.7 Å². The van der Waals surface area contributed by atoms with Gasteiger partial charge in [0.15, 0.2) is 0 Å². The zero-order chi connectivity index (χ0) is 14.0. The number of benzene rings is 1. The maximum Gasteiger partial charge on any atom is 0.338 e. The molecule has 1 N–H and O–H groups in total. The summed E-state index contributed by atoms with van der Waals surface area (Å²) >= 11 is 1.41. The van der Waals surface area contributed by atoms with E-state index in [1.54, 1.807) is 0 Å². The molecule has 0 atom stereocenters. The van der Waals surface area contributed by atoms with Crippen molar-refractivity contribution in [3.63, 3.8) is 0 Å². The van der Waals surface area contributed by atoms with E-state index in [2.05, 4.69) is 6.07 Å². The number of esters is 1. The molecule has 1 fully saturated rings. The van der Waals surface area contributed by atoms with Gasteiger partial charge in [0.05, 0.1) is 17.7 Å². The molecule has 3 nitrogen and oxygen atoms in total. The molecule has 4 heteroatoms. The summed E-state index contributed by atoms with van der Waals surface area (Å²) in [6, 6.07) is 3.89. The van der Waals surface area contributed by atoms with Gasteiger partial charge in [-0.15, -0.1) is 11.8 Å². The number of rotatable bonds is 3. The van der Waals surface area contributed by atoms with Crippen LogP contribution in [0.3, 0.4) is 0 Å². The Hall–Kier alpha value is -1.29.